The van der Waals surface area contributed by atoms with E-state index in [1.54, 1.807) is 17.2 Å². The molecule has 2 aromatic carbocycles. The molecule has 5 rings (SSSR count). The van der Waals surface area contributed by atoms with E-state index in [1.807, 2.05) is 37.3 Å². The van der Waals surface area contributed by atoms with Crippen molar-refractivity contribution in [3.8, 4) is 22.8 Å². The van der Waals surface area contributed by atoms with E-state index in [1.165, 1.54) is 19.2 Å². The molecule has 3 heterocycles. The molecule has 6 nitrogen and oxygen atoms in total. The van der Waals surface area contributed by atoms with Crippen LogP contribution in [-0.2, 0) is 13.1 Å². The van der Waals surface area contributed by atoms with Crippen LogP contribution in [0.15, 0.2) is 60.9 Å². The molecule has 4 aromatic rings. The molecule has 0 fully saturated rings. The summed E-state index contributed by atoms with van der Waals surface area (Å²) in [6.45, 7) is 4.20. The highest BCUT2D eigenvalue weighted by atomic mass is 19.1. The van der Waals surface area contributed by atoms with Gasteiger partial charge in [-0.25, -0.2) is 13.8 Å². The van der Waals surface area contributed by atoms with Crippen LogP contribution in [0.2, 0.25) is 0 Å². The minimum atomic E-state index is -0.848. The van der Waals surface area contributed by atoms with Crippen molar-refractivity contribution < 1.29 is 18.3 Å². The molecule has 0 spiro atoms. The van der Waals surface area contributed by atoms with Crippen LogP contribution in [0.1, 0.15) is 32.7 Å². The van der Waals surface area contributed by atoms with Crippen molar-refractivity contribution in [1.82, 2.24) is 20.1 Å². The second kappa shape index (κ2) is 8.62. The Morgan fingerprint density at radius 1 is 1.03 bits per heavy atom. The molecule has 0 unspecified atom stereocenters. The summed E-state index contributed by atoms with van der Waals surface area (Å²) in [7, 11) is 0. The van der Waals surface area contributed by atoms with Crippen molar-refractivity contribution in [1.29, 1.82) is 0 Å². The van der Waals surface area contributed by atoms with Crippen molar-refractivity contribution in [3.63, 3.8) is 0 Å². The molecule has 1 aliphatic heterocycles. The molecule has 34 heavy (non-hydrogen) atoms. The molecule has 0 radical (unpaired) electrons. The van der Waals surface area contributed by atoms with Gasteiger partial charge in [0.2, 0.25) is 5.88 Å². The average molecular weight is 458 g/mol. The fourth-order valence-corrected chi connectivity index (χ4v) is 4.05. The van der Waals surface area contributed by atoms with E-state index in [0.717, 1.165) is 34.0 Å². The zero-order valence-electron chi connectivity index (χ0n) is 18.5. The fraction of sp³-hybridized carbons (Fsp3) is 0.154. The van der Waals surface area contributed by atoms with E-state index in [2.05, 4.69) is 15.2 Å². The van der Waals surface area contributed by atoms with Gasteiger partial charge in [-0.1, -0.05) is 24.3 Å². The van der Waals surface area contributed by atoms with Gasteiger partial charge < -0.3 is 9.64 Å². The van der Waals surface area contributed by atoms with Crippen molar-refractivity contribution >= 4 is 5.91 Å². The van der Waals surface area contributed by atoms with Gasteiger partial charge in [-0.05, 0) is 54.3 Å². The quantitative estimate of drug-likeness (QED) is 0.402. The van der Waals surface area contributed by atoms with E-state index in [-0.39, 0.29) is 23.1 Å². The number of benzene rings is 2. The molecule has 8 heteroatoms. The lowest BCUT2D eigenvalue weighted by molar-refractivity contribution is 0.0764. The van der Waals surface area contributed by atoms with Crippen molar-refractivity contribution in [3.05, 3.63) is 101 Å². The summed E-state index contributed by atoms with van der Waals surface area (Å²) in [6, 6.07) is 13.5. The maximum absolute atomic E-state index is 14.3. The first-order valence-corrected chi connectivity index (χ1v) is 10.7. The first-order chi connectivity index (χ1) is 16.4. The fourth-order valence-electron chi connectivity index (χ4n) is 4.05. The van der Waals surface area contributed by atoms with Crippen molar-refractivity contribution in [2.45, 2.75) is 26.9 Å². The molecule has 0 saturated carbocycles. The van der Waals surface area contributed by atoms with E-state index in [4.69, 9.17) is 4.74 Å². The monoisotopic (exact) mass is 458 g/mol. The third-order valence-corrected chi connectivity index (χ3v) is 5.69. The third kappa shape index (κ3) is 4.10. The van der Waals surface area contributed by atoms with Crippen LogP contribution in [0.3, 0.4) is 0 Å². The van der Waals surface area contributed by atoms with Crippen LogP contribution in [-0.4, -0.2) is 26.0 Å². The molecular weight excluding hydrogens is 438 g/mol. The topological polar surface area (TPSA) is 68.2 Å². The minimum Gasteiger partial charge on any atom is -0.435 e. The first kappa shape index (κ1) is 21.6. The van der Waals surface area contributed by atoms with Gasteiger partial charge in [0.15, 0.2) is 11.6 Å². The molecule has 0 N–H and O–H groups in total. The van der Waals surface area contributed by atoms with Gasteiger partial charge in [-0.2, -0.15) is 10.2 Å². The second-order valence-electron chi connectivity index (χ2n) is 8.23. The molecule has 1 aliphatic rings. The summed E-state index contributed by atoms with van der Waals surface area (Å²) in [4.78, 5) is 19.0. The number of nitrogens with zero attached hydrogens (tertiary/aromatic N) is 4. The minimum absolute atomic E-state index is 0.00881. The van der Waals surface area contributed by atoms with Crippen LogP contribution >= 0.6 is 0 Å². The Hall–Kier alpha value is -4.20. The standard InChI is InChI=1S/C26H20F2N4O2/c1-15-9-21(27)11-22(28)24(15)34-25-23-19(7-8-29-25)14-32(26(23)33)13-17-3-5-18(6-4-17)20-10-16(2)31-30-12-20/h3-12H,13-14H2,1-2H3. The van der Waals surface area contributed by atoms with Gasteiger partial charge in [-0.3, -0.25) is 4.79 Å². The predicted octanol–water partition coefficient (Wildman–Crippen LogP) is 5.38. The Balaban J connectivity index is 1.36. The van der Waals surface area contributed by atoms with Crippen LogP contribution in [0.5, 0.6) is 11.6 Å². The second-order valence-corrected chi connectivity index (χ2v) is 8.23. The molecular formula is C26H20F2N4O2. The Morgan fingerprint density at radius 2 is 1.82 bits per heavy atom. The number of fused-ring (bicyclic) bond motifs is 1. The van der Waals surface area contributed by atoms with E-state index >= 15 is 0 Å². The number of carbonyl (C=O) groups excluding carboxylic acids is 1. The molecule has 2 aromatic heterocycles. The highest BCUT2D eigenvalue weighted by molar-refractivity contribution is 6.00. The Morgan fingerprint density at radius 3 is 2.56 bits per heavy atom. The lowest BCUT2D eigenvalue weighted by atomic mass is 10.1. The number of amides is 1. The molecule has 1 amide bonds. The molecule has 0 aliphatic carbocycles. The Labute approximate surface area is 194 Å². The van der Waals surface area contributed by atoms with Crippen molar-refractivity contribution in [2.75, 3.05) is 0 Å². The molecule has 0 bridgehead atoms. The number of rotatable bonds is 5. The van der Waals surface area contributed by atoms with Gasteiger partial charge in [0, 0.05) is 30.9 Å². The van der Waals surface area contributed by atoms with Crippen LogP contribution in [0.4, 0.5) is 8.78 Å². The zero-order valence-corrected chi connectivity index (χ0v) is 18.5. The number of aryl methyl sites for hydroxylation is 2. The summed E-state index contributed by atoms with van der Waals surface area (Å²) >= 11 is 0. The van der Waals surface area contributed by atoms with Crippen LogP contribution in [0.25, 0.3) is 11.1 Å². The predicted molar refractivity (Wildman–Crippen MR) is 121 cm³/mol. The summed E-state index contributed by atoms with van der Waals surface area (Å²) < 4.78 is 33.4. The van der Waals surface area contributed by atoms with Crippen LogP contribution in [0, 0.1) is 25.5 Å². The number of hydrogen-bond acceptors (Lipinski definition) is 5. The number of carbonyl (C=O) groups is 1. The van der Waals surface area contributed by atoms with E-state index in [0.29, 0.717) is 18.7 Å². The summed E-state index contributed by atoms with van der Waals surface area (Å²) in [5.74, 6) is -1.94. The average Bonchev–Trinajstić information content (AvgIpc) is 3.12. The highest BCUT2D eigenvalue weighted by Gasteiger charge is 2.32. The number of hydrogen-bond donors (Lipinski definition) is 0. The smallest absolute Gasteiger partial charge is 0.260 e. The molecule has 0 atom stereocenters. The van der Waals surface area contributed by atoms with Gasteiger partial charge in [0.05, 0.1) is 11.9 Å². The lowest BCUT2D eigenvalue weighted by Gasteiger charge is -2.16. The molecule has 0 saturated heterocycles. The Kier molecular flexibility index (Phi) is 5.49. The number of halogens is 2. The lowest BCUT2D eigenvalue weighted by Crippen LogP contribution is -2.23. The summed E-state index contributed by atoms with van der Waals surface area (Å²) in [5.41, 5.74) is 5.09. The Bertz CT molecular complexity index is 1380. The SMILES string of the molecule is Cc1cc(-c2ccc(CN3Cc4ccnc(Oc5c(C)cc(F)cc5F)c4C3=O)cc2)cnn1. The van der Waals surface area contributed by atoms with Gasteiger partial charge in [0.1, 0.15) is 11.4 Å². The maximum atomic E-state index is 14.3. The number of aromatic nitrogens is 3. The highest BCUT2D eigenvalue weighted by Crippen LogP contribution is 2.35. The third-order valence-electron chi connectivity index (χ3n) is 5.69. The van der Waals surface area contributed by atoms with Gasteiger partial charge in [-0.15, -0.1) is 0 Å². The molecule has 170 valence electrons. The van der Waals surface area contributed by atoms with Gasteiger partial charge >= 0.3 is 0 Å². The van der Waals surface area contributed by atoms with Gasteiger partial charge in [0.25, 0.3) is 5.91 Å². The summed E-state index contributed by atoms with van der Waals surface area (Å²) in [5, 5.41) is 7.97. The normalized spacial score (nSPS) is 12.7. The van der Waals surface area contributed by atoms with Crippen LogP contribution < -0.4 is 4.74 Å². The van der Waals surface area contributed by atoms with E-state index < -0.39 is 11.6 Å². The zero-order chi connectivity index (χ0) is 23.8. The van der Waals surface area contributed by atoms with Crippen molar-refractivity contribution in [2.24, 2.45) is 0 Å². The maximum Gasteiger partial charge on any atom is 0.260 e. The summed E-state index contributed by atoms with van der Waals surface area (Å²) in [6.07, 6.45) is 3.23. The number of pyridine rings is 1. The van der Waals surface area contributed by atoms with E-state index in [9.17, 15) is 13.6 Å². The number of ether oxygens (including phenoxy) is 1. The first-order valence-electron chi connectivity index (χ1n) is 10.7. The largest absolute Gasteiger partial charge is 0.435 e.